The number of nitrogens with zero attached hydrogens (tertiary/aromatic N) is 2. The first-order valence-corrected chi connectivity index (χ1v) is 7.01. The minimum atomic E-state index is -0.612. The highest BCUT2D eigenvalue weighted by molar-refractivity contribution is 5.61. The van der Waals surface area contributed by atoms with E-state index in [1.165, 1.54) is 12.1 Å². The van der Waals surface area contributed by atoms with Gasteiger partial charge in [0.05, 0.1) is 15.9 Å². The topological polar surface area (TPSA) is 122 Å². The molecule has 1 fully saturated rings. The molecule has 1 aliphatic rings. The smallest absolute Gasteiger partial charge is 0.430 e. The Balaban J connectivity index is 0.000000313. The van der Waals surface area contributed by atoms with E-state index in [1.807, 2.05) is 13.8 Å². The first-order chi connectivity index (χ1) is 10.7. The van der Waals surface area contributed by atoms with E-state index in [-0.39, 0.29) is 23.4 Å². The molecular weight excluding hydrogens is 308 g/mol. The molecule has 0 aromatic heterocycles. The minimum absolute atomic E-state index is 0.0486. The van der Waals surface area contributed by atoms with Gasteiger partial charge in [-0.25, -0.2) is 4.79 Å². The number of carbonyl (C=O) groups is 1. The summed E-state index contributed by atoms with van der Waals surface area (Å²) in [6.45, 7) is 5.99. The average Bonchev–Trinajstić information content (AvgIpc) is 2.89. The van der Waals surface area contributed by atoms with Gasteiger partial charge in [0.1, 0.15) is 12.7 Å². The van der Waals surface area contributed by atoms with Crippen molar-refractivity contribution in [3.63, 3.8) is 0 Å². The van der Waals surface area contributed by atoms with Crippen molar-refractivity contribution in [3.05, 3.63) is 44.0 Å². The van der Waals surface area contributed by atoms with Gasteiger partial charge in [0.2, 0.25) is 0 Å². The van der Waals surface area contributed by atoms with E-state index in [0.29, 0.717) is 12.2 Å². The number of rotatable bonds is 4. The van der Waals surface area contributed by atoms with Crippen LogP contribution in [0.3, 0.4) is 0 Å². The molecule has 126 valence electrons. The molecule has 0 saturated carbocycles. The predicted molar refractivity (Wildman–Crippen MR) is 80.4 cm³/mol. The predicted octanol–water partition coefficient (Wildman–Crippen LogP) is 3.56. The number of nitro benzene ring substituents is 2. The van der Waals surface area contributed by atoms with Gasteiger partial charge >= 0.3 is 6.16 Å². The fraction of sp³-hybridized carbons (Fsp3) is 0.500. The lowest BCUT2D eigenvalue weighted by molar-refractivity contribution is -0.394. The summed E-state index contributed by atoms with van der Waals surface area (Å²) in [4.78, 5) is 30.0. The molecular formula is C14H18N2O7. The molecule has 0 radical (unpaired) electrons. The minimum Gasteiger partial charge on any atom is -0.430 e. The van der Waals surface area contributed by atoms with E-state index in [2.05, 4.69) is 9.47 Å². The molecule has 1 saturated heterocycles. The third kappa shape index (κ3) is 5.53. The second-order valence-electron chi connectivity index (χ2n) is 5.10. The van der Waals surface area contributed by atoms with Crippen LogP contribution in [0.5, 0.6) is 0 Å². The van der Waals surface area contributed by atoms with E-state index < -0.39 is 16.0 Å². The Kier molecular flexibility index (Phi) is 6.43. The number of ether oxygens (including phenoxy) is 2. The maximum absolute atomic E-state index is 10.6. The van der Waals surface area contributed by atoms with Crippen LogP contribution in [-0.4, -0.2) is 28.7 Å². The van der Waals surface area contributed by atoms with Crippen molar-refractivity contribution in [1.82, 2.24) is 0 Å². The van der Waals surface area contributed by atoms with Gasteiger partial charge in [-0.1, -0.05) is 13.8 Å². The first-order valence-electron chi connectivity index (χ1n) is 7.01. The molecule has 0 aliphatic carbocycles. The van der Waals surface area contributed by atoms with Crippen LogP contribution in [0.15, 0.2) is 18.2 Å². The molecule has 1 aliphatic heterocycles. The Morgan fingerprint density at radius 2 is 1.74 bits per heavy atom. The lowest BCUT2D eigenvalue weighted by atomic mass is 9.98. The van der Waals surface area contributed by atoms with Gasteiger partial charge < -0.3 is 9.47 Å². The SMILES string of the molecule is CC1COC(=O)O1.CCC(C)c1cc([N+](=O)[O-])cc([N+](=O)[O-])c1. The lowest BCUT2D eigenvalue weighted by Gasteiger charge is -2.07. The summed E-state index contributed by atoms with van der Waals surface area (Å²) in [6, 6.07) is 3.76. The molecule has 1 aromatic carbocycles. The fourth-order valence-corrected chi connectivity index (χ4v) is 1.77. The maximum atomic E-state index is 10.6. The number of non-ortho nitro benzene ring substituents is 2. The van der Waals surface area contributed by atoms with Crippen LogP contribution < -0.4 is 0 Å². The standard InChI is InChI=1S/C10H12N2O4.C4H6O3/c1-3-7(2)8-4-9(11(13)14)6-10(5-8)12(15)16;1-3-2-6-4(5)7-3/h4-7H,3H2,1-2H3;3H,2H2,1H3. The third-order valence-electron chi connectivity index (χ3n) is 3.26. The van der Waals surface area contributed by atoms with E-state index in [4.69, 9.17) is 0 Å². The summed E-state index contributed by atoms with van der Waals surface area (Å²) in [6.07, 6.45) is 0.179. The van der Waals surface area contributed by atoms with E-state index in [9.17, 15) is 25.0 Å². The second-order valence-corrected chi connectivity index (χ2v) is 5.10. The van der Waals surface area contributed by atoms with Crippen molar-refractivity contribution >= 4 is 17.5 Å². The number of benzene rings is 1. The normalized spacial score (nSPS) is 17.3. The second kappa shape index (κ2) is 8.06. The van der Waals surface area contributed by atoms with Gasteiger partial charge in [-0.05, 0) is 24.8 Å². The maximum Gasteiger partial charge on any atom is 0.508 e. The quantitative estimate of drug-likeness (QED) is 0.471. The highest BCUT2D eigenvalue weighted by Gasteiger charge is 2.19. The highest BCUT2D eigenvalue weighted by Crippen LogP contribution is 2.28. The molecule has 2 unspecified atom stereocenters. The highest BCUT2D eigenvalue weighted by atomic mass is 16.8. The van der Waals surface area contributed by atoms with Crippen molar-refractivity contribution in [2.24, 2.45) is 0 Å². The molecule has 2 rings (SSSR count). The summed E-state index contributed by atoms with van der Waals surface area (Å²) >= 11 is 0. The molecule has 0 N–H and O–H groups in total. The number of cyclic esters (lactones) is 2. The van der Waals surface area contributed by atoms with Gasteiger partial charge in [0, 0.05) is 12.1 Å². The summed E-state index contributed by atoms with van der Waals surface area (Å²) < 4.78 is 8.90. The lowest BCUT2D eigenvalue weighted by Crippen LogP contribution is -2.01. The van der Waals surface area contributed by atoms with Crippen molar-refractivity contribution in [2.45, 2.75) is 39.2 Å². The monoisotopic (exact) mass is 326 g/mol. The van der Waals surface area contributed by atoms with Crippen molar-refractivity contribution in [2.75, 3.05) is 6.61 Å². The zero-order valence-electron chi connectivity index (χ0n) is 13.1. The largest absolute Gasteiger partial charge is 0.508 e. The van der Waals surface area contributed by atoms with Gasteiger partial charge in [-0.3, -0.25) is 20.2 Å². The zero-order chi connectivity index (χ0) is 17.6. The van der Waals surface area contributed by atoms with Crippen molar-refractivity contribution < 1.29 is 24.1 Å². The molecule has 0 amide bonds. The molecule has 2 atom stereocenters. The van der Waals surface area contributed by atoms with Gasteiger partial charge in [-0.2, -0.15) is 0 Å². The van der Waals surface area contributed by atoms with Crippen LogP contribution in [0.1, 0.15) is 38.7 Å². The molecule has 23 heavy (non-hydrogen) atoms. The Morgan fingerprint density at radius 1 is 1.22 bits per heavy atom. The van der Waals surface area contributed by atoms with Crippen LogP contribution in [0, 0.1) is 20.2 Å². The Labute approximate surface area is 132 Å². The molecule has 9 nitrogen and oxygen atoms in total. The van der Waals surface area contributed by atoms with Gasteiger partial charge in [0.25, 0.3) is 11.4 Å². The third-order valence-corrected chi connectivity index (χ3v) is 3.26. The molecule has 1 heterocycles. The number of carbonyl (C=O) groups excluding carboxylic acids is 1. The summed E-state index contributed by atoms with van der Waals surface area (Å²) in [5.74, 6) is 0.0681. The number of hydrogen-bond donors (Lipinski definition) is 0. The molecule has 9 heteroatoms. The Bertz CT molecular complexity index is 571. The fourth-order valence-electron chi connectivity index (χ4n) is 1.77. The van der Waals surface area contributed by atoms with Crippen LogP contribution in [0.2, 0.25) is 0 Å². The number of hydrogen-bond acceptors (Lipinski definition) is 7. The van der Waals surface area contributed by atoms with Crippen LogP contribution in [-0.2, 0) is 9.47 Å². The van der Waals surface area contributed by atoms with Gasteiger partial charge in [0.15, 0.2) is 0 Å². The van der Waals surface area contributed by atoms with E-state index in [1.54, 1.807) is 6.92 Å². The van der Waals surface area contributed by atoms with Crippen molar-refractivity contribution in [1.29, 1.82) is 0 Å². The molecule has 1 aromatic rings. The van der Waals surface area contributed by atoms with E-state index >= 15 is 0 Å². The summed E-state index contributed by atoms with van der Waals surface area (Å²) in [5.41, 5.74) is 0.164. The number of nitro groups is 2. The first kappa shape index (κ1) is 18.3. The van der Waals surface area contributed by atoms with Crippen LogP contribution in [0.25, 0.3) is 0 Å². The molecule has 0 spiro atoms. The van der Waals surface area contributed by atoms with E-state index in [0.717, 1.165) is 12.5 Å². The summed E-state index contributed by atoms with van der Waals surface area (Å²) in [7, 11) is 0. The van der Waals surface area contributed by atoms with Crippen LogP contribution in [0.4, 0.5) is 16.2 Å². The summed E-state index contributed by atoms with van der Waals surface area (Å²) in [5, 5.41) is 21.2. The Morgan fingerprint density at radius 3 is 2.00 bits per heavy atom. The van der Waals surface area contributed by atoms with Gasteiger partial charge in [-0.15, -0.1) is 0 Å². The van der Waals surface area contributed by atoms with Crippen LogP contribution >= 0.6 is 0 Å². The Hall–Kier alpha value is -2.71. The average molecular weight is 326 g/mol. The van der Waals surface area contributed by atoms with Crippen molar-refractivity contribution in [3.8, 4) is 0 Å². The zero-order valence-corrected chi connectivity index (χ0v) is 13.1. The molecule has 0 bridgehead atoms.